The SMILES string of the molecule is Cc1nnc2n1C[C@@H](c1cccc(C(=O)N3CCN(CCCc4ccccc4)CC3)c1)CC2. The predicted octanol–water partition coefficient (Wildman–Crippen LogP) is 3.71. The molecule has 3 aromatic rings. The highest BCUT2D eigenvalue weighted by Crippen LogP contribution is 2.29. The maximum atomic E-state index is 13.2. The molecule has 33 heavy (non-hydrogen) atoms. The number of fused-ring (bicyclic) bond motifs is 1. The van der Waals surface area contributed by atoms with Crippen LogP contribution in [0.5, 0.6) is 0 Å². The maximum Gasteiger partial charge on any atom is 0.253 e. The van der Waals surface area contributed by atoms with Gasteiger partial charge in [-0.3, -0.25) is 9.69 Å². The summed E-state index contributed by atoms with van der Waals surface area (Å²) in [4.78, 5) is 17.7. The number of piperazine rings is 1. The Balaban J connectivity index is 1.14. The first-order valence-electron chi connectivity index (χ1n) is 12.2. The van der Waals surface area contributed by atoms with Crippen LogP contribution >= 0.6 is 0 Å². The molecule has 6 nitrogen and oxygen atoms in total. The molecule has 1 fully saturated rings. The number of aryl methyl sites for hydroxylation is 3. The Morgan fingerprint density at radius 1 is 1.00 bits per heavy atom. The largest absolute Gasteiger partial charge is 0.336 e. The van der Waals surface area contributed by atoms with Crippen molar-refractivity contribution in [2.24, 2.45) is 0 Å². The Hall–Kier alpha value is -2.99. The topological polar surface area (TPSA) is 54.3 Å². The zero-order valence-corrected chi connectivity index (χ0v) is 19.5. The zero-order chi connectivity index (χ0) is 22.6. The summed E-state index contributed by atoms with van der Waals surface area (Å²) in [6.07, 6.45) is 4.27. The van der Waals surface area contributed by atoms with Gasteiger partial charge in [-0.25, -0.2) is 0 Å². The normalized spacial score (nSPS) is 18.8. The van der Waals surface area contributed by atoms with Crippen molar-refractivity contribution in [1.82, 2.24) is 24.6 Å². The van der Waals surface area contributed by atoms with Gasteiger partial charge in [-0.1, -0.05) is 42.5 Å². The van der Waals surface area contributed by atoms with Gasteiger partial charge in [0.05, 0.1) is 0 Å². The average molecular weight is 444 g/mol. The van der Waals surface area contributed by atoms with E-state index in [1.165, 1.54) is 11.1 Å². The number of aromatic nitrogens is 3. The number of benzene rings is 2. The number of hydrogen-bond acceptors (Lipinski definition) is 4. The van der Waals surface area contributed by atoms with Crippen molar-refractivity contribution in [3.8, 4) is 0 Å². The maximum absolute atomic E-state index is 13.2. The van der Waals surface area contributed by atoms with E-state index in [1.807, 2.05) is 24.0 Å². The van der Waals surface area contributed by atoms with Crippen molar-refractivity contribution >= 4 is 5.91 Å². The number of carbonyl (C=O) groups excluding carboxylic acids is 1. The van der Waals surface area contributed by atoms with Gasteiger partial charge in [0.2, 0.25) is 0 Å². The monoisotopic (exact) mass is 443 g/mol. The van der Waals surface area contributed by atoms with Crippen LogP contribution in [-0.4, -0.2) is 63.2 Å². The minimum Gasteiger partial charge on any atom is -0.336 e. The molecule has 1 saturated heterocycles. The summed E-state index contributed by atoms with van der Waals surface area (Å²) in [5.41, 5.74) is 3.47. The first kappa shape index (κ1) is 21.8. The molecule has 172 valence electrons. The Morgan fingerprint density at radius 2 is 1.82 bits per heavy atom. The van der Waals surface area contributed by atoms with E-state index in [-0.39, 0.29) is 5.91 Å². The van der Waals surface area contributed by atoms with E-state index in [2.05, 4.69) is 62.1 Å². The van der Waals surface area contributed by atoms with Crippen LogP contribution in [0.3, 0.4) is 0 Å². The van der Waals surface area contributed by atoms with E-state index in [1.54, 1.807) is 0 Å². The first-order valence-corrected chi connectivity index (χ1v) is 12.2. The molecule has 6 heteroatoms. The summed E-state index contributed by atoms with van der Waals surface area (Å²) in [6, 6.07) is 19.0. The number of carbonyl (C=O) groups is 1. The second-order valence-electron chi connectivity index (χ2n) is 9.36. The number of nitrogens with zero attached hydrogens (tertiary/aromatic N) is 5. The Bertz CT molecular complexity index is 1080. The number of amides is 1. The zero-order valence-electron chi connectivity index (χ0n) is 19.5. The minimum absolute atomic E-state index is 0.165. The van der Waals surface area contributed by atoms with Crippen LogP contribution in [0.1, 0.15) is 51.9 Å². The quantitative estimate of drug-likeness (QED) is 0.583. The molecule has 1 amide bonds. The van der Waals surface area contributed by atoms with Crippen LogP contribution < -0.4 is 0 Å². The average Bonchev–Trinajstić information content (AvgIpc) is 3.25. The van der Waals surface area contributed by atoms with Crippen molar-refractivity contribution in [2.75, 3.05) is 32.7 Å². The van der Waals surface area contributed by atoms with Gasteiger partial charge in [0, 0.05) is 50.6 Å². The summed E-state index contributed by atoms with van der Waals surface area (Å²) in [5, 5.41) is 8.50. The van der Waals surface area contributed by atoms with E-state index in [0.717, 1.165) is 82.2 Å². The van der Waals surface area contributed by atoms with Crippen LogP contribution in [-0.2, 0) is 19.4 Å². The Kier molecular flexibility index (Phi) is 6.53. The smallest absolute Gasteiger partial charge is 0.253 e. The third-order valence-electron chi connectivity index (χ3n) is 7.18. The summed E-state index contributed by atoms with van der Waals surface area (Å²) in [6.45, 7) is 7.53. The van der Waals surface area contributed by atoms with Gasteiger partial charge in [0.1, 0.15) is 11.6 Å². The molecule has 2 aliphatic heterocycles. The lowest BCUT2D eigenvalue weighted by atomic mass is 9.90. The van der Waals surface area contributed by atoms with Crippen LogP contribution in [0.25, 0.3) is 0 Å². The molecule has 0 saturated carbocycles. The van der Waals surface area contributed by atoms with E-state index in [9.17, 15) is 4.79 Å². The third kappa shape index (κ3) is 5.01. The standard InChI is InChI=1S/C27H33N5O/c1-21-28-29-26-13-12-25(20-32(21)26)23-10-5-11-24(19-23)27(33)31-17-15-30(16-18-31)14-6-9-22-7-3-2-4-8-22/h2-5,7-8,10-11,19,25H,6,9,12-18,20H2,1H3/t25-/m0/s1. The van der Waals surface area contributed by atoms with Crippen molar-refractivity contribution in [3.63, 3.8) is 0 Å². The molecular formula is C27H33N5O. The van der Waals surface area contributed by atoms with Crippen LogP contribution in [0, 0.1) is 6.92 Å². The van der Waals surface area contributed by atoms with Crippen LogP contribution in [0.4, 0.5) is 0 Å². The Labute approximate surface area is 196 Å². The number of hydrogen-bond donors (Lipinski definition) is 0. The molecule has 0 radical (unpaired) electrons. The van der Waals surface area contributed by atoms with E-state index in [4.69, 9.17) is 0 Å². The van der Waals surface area contributed by atoms with Gasteiger partial charge in [0.15, 0.2) is 0 Å². The molecule has 3 heterocycles. The molecule has 5 rings (SSSR count). The lowest BCUT2D eigenvalue weighted by molar-refractivity contribution is 0.0636. The molecule has 0 unspecified atom stereocenters. The summed E-state index contributed by atoms with van der Waals surface area (Å²) in [5.74, 6) is 2.63. The molecule has 2 aromatic carbocycles. The predicted molar refractivity (Wildman–Crippen MR) is 129 cm³/mol. The van der Waals surface area contributed by atoms with Crippen molar-refractivity contribution < 1.29 is 4.79 Å². The molecule has 1 atom stereocenters. The van der Waals surface area contributed by atoms with Gasteiger partial charge >= 0.3 is 0 Å². The fourth-order valence-electron chi connectivity index (χ4n) is 5.17. The second-order valence-corrected chi connectivity index (χ2v) is 9.36. The van der Waals surface area contributed by atoms with Gasteiger partial charge < -0.3 is 9.47 Å². The molecule has 1 aromatic heterocycles. The highest BCUT2D eigenvalue weighted by molar-refractivity contribution is 5.94. The fourth-order valence-corrected chi connectivity index (χ4v) is 5.17. The summed E-state index contributed by atoms with van der Waals surface area (Å²) < 4.78 is 2.22. The summed E-state index contributed by atoms with van der Waals surface area (Å²) in [7, 11) is 0. The highest BCUT2D eigenvalue weighted by Gasteiger charge is 2.25. The van der Waals surface area contributed by atoms with Crippen molar-refractivity contribution in [2.45, 2.75) is 45.1 Å². The minimum atomic E-state index is 0.165. The van der Waals surface area contributed by atoms with Crippen molar-refractivity contribution in [3.05, 3.63) is 82.9 Å². The first-order chi connectivity index (χ1) is 16.2. The van der Waals surface area contributed by atoms with Crippen LogP contribution in [0.15, 0.2) is 54.6 Å². The molecule has 0 spiro atoms. The van der Waals surface area contributed by atoms with E-state index in [0.29, 0.717) is 5.92 Å². The van der Waals surface area contributed by atoms with E-state index >= 15 is 0 Å². The van der Waals surface area contributed by atoms with Gasteiger partial charge in [-0.05, 0) is 56.0 Å². The van der Waals surface area contributed by atoms with Gasteiger partial charge in [0.25, 0.3) is 5.91 Å². The molecular weight excluding hydrogens is 410 g/mol. The van der Waals surface area contributed by atoms with Gasteiger partial charge in [-0.2, -0.15) is 0 Å². The molecule has 0 N–H and O–H groups in total. The molecule has 0 bridgehead atoms. The Morgan fingerprint density at radius 3 is 2.64 bits per heavy atom. The lowest BCUT2D eigenvalue weighted by Crippen LogP contribution is -2.48. The number of rotatable bonds is 6. The highest BCUT2D eigenvalue weighted by atomic mass is 16.2. The van der Waals surface area contributed by atoms with Crippen LogP contribution in [0.2, 0.25) is 0 Å². The molecule has 2 aliphatic rings. The fraction of sp³-hybridized carbons (Fsp3) is 0.444. The lowest BCUT2D eigenvalue weighted by Gasteiger charge is -2.35. The summed E-state index contributed by atoms with van der Waals surface area (Å²) >= 11 is 0. The van der Waals surface area contributed by atoms with Crippen molar-refractivity contribution in [1.29, 1.82) is 0 Å². The molecule has 0 aliphatic carbocycles. The third-order valence-corrected chi connectivity index (χ3v) is 7.18. The second kappa shape index (κ2) is 9.87. The van der Waals surface area contributed by atoms with Gasteiger partial charge in [-0.15, -0.1) is 10.2 Å². The van der Waals surface area contributed by atoms with E-state index < -0.39 is 0 Å².